The van der Waals surface area contributed by atoms with Gasteiger partial charge in [0, 0.05) is 5.56 Å². The van der Waals surface area contributed by atoms with E-state index >= 15 is 0 Å². The zero-order chi connectivity index (χ0) is 26.9. The lowest BCUT2D eigenvalue weighted by Gasteiger charge is -2.27. The van der Waals surface area contributed by atoms with Gasteiger partial charge in [0.2, 0.25) is 0 Å². The third-order valence-electron chi connectivity index (χ3n) is 6.69. The van der Waals surface area contributed by atoms with Crippen LogP contribution in [0, 0.1) is 0 Å². The summed E-state index contributed by atoms with van der Waals surface area (Å²) in [5.41, 5.74) is 3.31. The number of likely N-dealkylation sites (tertiary alicyclic amines) is 1. The molecule has 0 aromatic heterocycles. The number of hydrogen-bond acceptors (Lipinski definition) is 5. The van der Waals surface area contributed by atoms with Crippen LogP contribution in [0.4, 0.5) is 0 Å². The second-order valence-corrected chi connectivity index (χ2v) is 9.43. The Morgan fingerprint density at radius 3 is 1.62 bits per heavy atom. The monoisotopic (exact) mass is 521 g/mol. The van der Waals surface area contributed by atoms with Gasteiger partial charge >= 0.3 is 0 Å². The van der Waals surface area contributed by atoms with Crippen LogP contribution in [-0.4, -0.2) is 41.6 Å². The third-order valence-corrected chi connectivity index (χ3v) is 6.69. The third kappa shape index (κ3) is 6.67. The van der Waals surface area contributed by atoms with Crippen LogP contribution < -0.4 is 0 Å². The minimum absolute atomic E-state index is 0.115. The summed E-state index contributed by atoms with van der Waals surface area (Å²) in [4.78, 5) is 28.8. The molecule has 6 heteroatoms. The molecule has 0 spiro atoms. The van der Waals surface area contributed by atoms with Crippen LogP contribution in [0.1, 0.15) is 27.0 Å². The molecule has 3 atom stereocenters. The number of hydrogen-bond donors (Lipinski definition) is 0. The summed E-state index contributed by atoms with van der Waals surface area (Å²) < 4.78 is 18.6. The number of amides is 2. The second-order valence-electron chi connectivity index (χ2n) is 9.43. The van der Waals surface area contributed by atoms with E-state index < -0.39 is 30.1 Å². The fourth-order valence-corrected chi connectivity index (χ4v) is 4.69. The molecule has 1 saturated heterocycles. The van der Waals surface area contributed by atoms with Crippen molar-refractivity contribution in [3.8, 4) is 0 Å². The largest absolute Gasteiger partial charge is 0.375 e. The Hall–Kier alpha value is -4.10. The Balaban J connectivity index is 1.42. The summed E-state index contributed by atoms with van der Waals surface area (Å²) in [6.07, 6.45) is -1.68. The van der Waals surface area contributed by atoms with E-state index in [9.17, 15) is 9.59 Å². The zero-order valence-electron chi connectivity index (χ0n) is 21.6. The predicted octanol–water partition coefficient (Wildman–Crippen LogP) is 5.43. The molecular weight excluding hydrogens is 490 g/mol. The lowest BCUT2D eigenvalue weighted by molar-refractivity contribution is -0.140. The number of carbonyl (C=O) groups excluding carboxylic acids is 2. The van der Waals surface area contributed by atoms with Crippen molar-refractivity contribution in [3.63, 3.8) is 0 Å². The first kappa shape index (κ1) is 26.5. The van der Waals surface area contributed by atoms with Gasteiger partial charge in [-0.25, -0.2) is 0 Å². The van der Waals surface area contributed by atoms with Crippen molar-refractivity contribution >= 4 is 11.8 Å². The first-order valence-corrected chi connectivity index (χ1v) is 13.1. The van der Waals surface area contributed by atoms with Gasteiger partial charge in [-0.05, 0) is 28.8 Å². The molecule has 1 heterocycles. The summed E-state index contributed by atoms with van der Waals surface area (Å²) in [7, 11) is 0. The van der Waals surface area contributed by atoms with Gasteiger partial charge in [-0.1, -0.05) is 109 Å². The molecular formula is C33H31NO5. The minimum Gasteiger partial charge on any atom is -0.375 e. The molecule has 0 bridgehead atoms. The molecule has 2 amide bonds. The van der Waals surface area contributed by atoms with Gasteiger partial charge in [-0.15, -0.1) is 0 Å². The number of imide groups is 1. The molecule has 0 N–H and O–H groups in total. The maximum atomic E-state index is 13.9. The van der Waals surface area contributed by atoms with E-state index in [1.807, 2.05) is 97.1 Å². The maximum absolute atomic E-state index is 13.9. The fourth-order valence-electron chi connectivity index (χ4n) is 4.69. The second kappa shape index (κ2) is 13.1. The molecule has 1 aliphatic rings. The number of ether oxygens (including phenoxy) is 3. The summed E-state index contributed by atoms with van der Waals surface area (Å²) in [5.74, 6) is -0.820. The van der Waals surface area contributed by atoms with Crippen molar-refractivity contribution in [2.24, 2.45) is 0 Å². The Morgan fingerprint density at radius 1 is 0.615 bits per heavy atom. The summed E-state index contributed by atoms with van der Waals surface area (Å²) in [6.45, 7) is 0.948. The highest BCUT2D eigenvalue weighted by atomic mass is 16.6. The molecule has 0 unspecified atom stereocenters. The summed E-state index contributed by atoms with van der Waals surface area (Å²) >= 11 is 0. The van der Waals surface area contributed by atoms with E-state index in [2.05, 4.69) is 0 Å². The topological polar surface area (TPSA) is 65.1 Å². The highest BCUT2D eigenvalue weighted by Gasteiger charge is 2.52. The molecule has 1 aliphatic heterocycles. The lowest BCUT2D eigenvalue weighted by Crippen LogP contribution is -2.45. The van der Waals surface area contributed by atoms with E-state index in [4.69, 9.17) is 14.2 Å². The minimum atomic E-state index is -0.966. The molecule has 198 valence electrons. The first-order valence-electron chi connectivity index (χ1n) is 13.1. The number of carbonyl (C=O) groups is 2. The van der Waals surface area contributed by atoms with Crippen LogP contribution in [-0.2, 0) is 38.8 Å². The van der Waals surface area contributed by atoms with Gasteiger partial charge in [0.05, 0.1) is 32.5 Å². The Morgan fingerprint density at radius 2 is 1.08 bits per heavy atom. The fraction of sp³-hybridized carbons (Fsp3) is 0.212. The Labute approximate surface area is 228 Å². The average Bonchev–Trinajstić information content (AvgIpc) is 3.26. The van der Waals surface area contributed by atoms with Crippen molar-refractivity contribution < 1.29 is 23.8 Å². The van der Waals surface area contributed by atoms with Crippen LogP contribution in [0.15, 0.2) is 121 Å². The lowest BCUT2D eigenvalue weighted by atomic mass is 10.1. The number of nitrogens with zero attached hydrogens (tertiary/aromatic N) is 1. The van der Waals surface area contributed by atoms with E-state index in [0.717, 1.165) is 16.7 Å². The smallest absolute Gasteiger partial charge is 0.261 e. The first-order chi connectivity index (χ1) is 19.2. The maximum Gasteiger partial charge on any atom is 0.261 e. The van der Waals surface area contributed by atoms with Gasteiger partial charge in [0.1, 0.15) is 6.10 Å². The predicted molar refractivity (Wildman–Crippen MR) is 148 cm³/mol. The van der Waals surface area contributed by atoms with Crippen LogP contribution >= 0.6 is 0 Å². The molecule has 39 heavy (non-hydrogen) atoms. The van der Waals surface area contributed by atoms with E-state index in [-0.39, 0.29) is 19.8 Å². The SMILES string of the molecule is O=C(c1ccccc1)N1C(=O)[C@@H](OCc2ccccc2)[C@H](OCc2ccccc2)[C@@H]1COCc1ccccc1. The van der Waals surface area contributed by atoms with Crippen molar-refractivity contribution in [1.82, 2.24) is 4.90 Å². The molecule has 6 nitrogen and oxygen atoms in total. The molecule has 4 aromatic rings. The summed E-state index contributed by atoms with van der Waals surface area (Å²) in [5, 5.41) is 0. The van der Waals surface area contributed by atoms with Gasteiger partial charge in [0.25, 0.3) is 11.8 Å². The van der Waals surface area contributed by atoms with Gasteiger partial charge in [0.15, 0.2) is 6.10 Å². The van der Waals surface area contributed by atoms with Crippen molar-refractivity contribution in [1.29, 1.82) is 0 Å². The molecule has 0 radical (unpaired) electrons. The van der Waals surface area contributed by atoms with Crippen LogP contribution in [0.3, 0.4) is 0 Å². The van der Waals surface area contributed by atoms with E-state index in [1.165, 1.54) is 4.90 Å². The van der Waals surface area contributed by atoms with Gasteiger partial charge in [-0.3, -0.25) is 14.5 Å². The van der Waals surface area contributed by atoms with Crippen molar-refractivity contribution in [3.05, 3.63) is 144 Å². The highest BCUT2D eigenvalue weighted by molar-refractivity contribution is 6.07. The zero-order valence-corrected chi connectivity index (χ0v) is 21.6. The average molecular weight is 522 g/mol. The Bertz CT molecular complexity index is 1330. The van der Waals surface area contributed by atoms with Crippen molar-refractivity contribution in [2.45, 2.75) is 38.1 Å². The van der Waals surface area contributed by atoms with Gasteiger partial charge < -0.3 is 14.2 Å². The molecule has 0 aliphatic carbocycles. The molecule has 4 aromatic carbocycles. The van der Waals surface area contributed by atoms with E-state index in [1.54, 1.807) is 24.3 Å². The standard InChI is InChI=1S/C33H31NO5/c35-32(28-19-11-4-12-20-28)34-29(24-37-21-25-13-5-1-6-14-25)30(38-22-26-15-7-2-8-16-26)31(33(34)36)39-23-27-17-9-3-10-18-27/h1-20,29-31H,21-24H2/t29-,30+,31-/m0/s1. The molecule has 0 saturated carbocycles. The van der Waals surface area contributed by atoms with Crippen LogP contribution in [0.2, 0.25) is 0 Å². The van der Waals surface area contributed by atoms with Gasteiger partial charge in [-0.2, -0.15) is 0 Å². The van der Waals surface area contributed by atoms with Crippen molar-refractivity contribution in [2.75, 3.05) is 6.61 Å². The molecule has 5 rings (SSSR count). The van der Waals surface area contributed by atoms with Crippen LogP contribution in [0.5, 0.6) is 0 Å². The van der Waals surface area contributed by atoms with E-state index in [0.29, 0.717) is 12.2 Å². The quantitative estimate of drug-likeness (QED) is 0.247. The summed E-state index contributed by atoms with van der Waals surface area (Å²) in [6, 6.07) is 37.3. The normalized spacial score (nSPS) is 18.8. The van der Waals surface area contributed by atoms with Crippen LogP contribution in [0.25, 0.3) is 0 Å². The number of rotatable bonds is 11. The highest BCUT2D eigenvalue weighted by Crippen LogP contribution is 2.29. The number of benzene rings is 4. The molecule has 1 fully saturated rings. The Kier molecular flexibility index (Phi) is 8.91.